The van der Waals surface area contributed by atoms with Gasteiger partial charge in [-0.1, -0.05) is 11.6 Å². The largest absolute Gasteiger partial charge is 0.379 e. The molecule has 0 unspecified atom stereocenters. The van der Waals surface area contributed by atoms with Crippen LogP contribution in [0.1, 0.15) is 13.0 Å². The zero-order chi connectivity index (χ0) is 18.7. The summed E-state index contributed by atoms with van der Waals surface area (Å²) >= 11 is 6.12. The smallest absolute Gasteiger partial charge is 0.248 e. The molecular formula is C16H19ClN4O4S. The van der Waals surface area contributed by atoms with Crippen LogP contribution in [0.25, 0.3) is 0 Å². The van der Waals surface area contributed by atoms with Crippen LogP contribution in [-0.4, -0.2) is 54.7 Å². The molecule has 26 heavy (non-hydrogen) atoms. The number of sulfonamides is 1. The van der Waals surface area contributed by atoms with Gasteiger partial charge in [-0.15, -0.1) is 0 Å². The summed E-state index contributed by atoms with van der Waals surface area (Å²) in [6, 6.07) is 5.58. The van der Waals surface area contributed by atoms with Gasteiger partial charge in [0.25, 0.3) is 0 Å². The summed E-state index contributed by atoms with van der Waals surface area (Å²) in [4.78, 5) is 12.3. The number of halogens is 1. The van der Waals surface area contributed by atoms with Crippen molar-refractivity contribution < 1.29 is 17.9 Å². The monoisotopic (exact) mass is 398 g/mol. The molecule has 0 saturated carbocycles. The molecule has 1 N–H and O–H groups in total. The number of nitrogens with zero attached hydrogens (tertiary/aromatic N) is 3. The lowest BCUT2D eigenvalue weighted by Crippen LogP contribution is -2.40. The van der Waals surface area contributed by atoms with Crippen LogP contribution in [0, 0.1) is 0 Å². The zero-order valence-electron chi connectivity index (χ0n) is 14.1. The van der Waals surface area contributed by atoms with Gasteiger partial charge in [-0.25, -0.2) is 8.42 Å². The molecule has 2 aromatic rings. The van der Waals surface area contributed by atoms with Gasteiger partial charge < -0.3 is 10.1 Å². The van der Waals surface area contributed by atoms with Gasteiger partial charge in [0.2, 0.25) is 15.9 Å². The third kappa shape index (κ3) is 3.90. The van der Waals surface area contributed by atoms with Gasteiger partial charge in [0.1, 0.15) is 10.9 Å². The number of hydrogen-bond acceptors (Lipinski definition) is 5. The summed E-state index contributed by atoms with van der Waals surface area (Å²) in [5.74, 6) is -0.314. The van der Waals surface area contributed by atoms with E-state index in [-0.39, 0.29) is 28.9 Å². The lowest BCUT2D eigenvalue weighted by molar-refractivity contribution is -0.119. The Bertz CT molecular complexity index is 880. The van der Waals surface area contributed by atoms with Gasteiger partial charge in [-0.3, -0.25) is 9.48 Å². The molecule has 8 nitrogen and oxygen atoms in total. The summed E-state index contributed by atoms with van der Waals surface area (Å²) in [6.07, 6.45) is 3.26. The lowest BCUT2D eigenvalue weighted by atomic mass is 10.2. The number of aromatic nitrogens is 2. The maximum Gasteiger partial charge on any atom is 0.248 e. The standard InChI is InChI=1S/C16H19ClN4O4S/c1-12(21-6-2-5-18-21)16(22)19-13-3-4-14(17)15(11-13)26(23,24)20-7-9-25-10-8-20/h2-6,11-12H,7-10H2,1H3,(H,19,22)/t12-/m1/s1. The molecule has 2 heterocycles. The molecule has 0 spiro atoms. The van der Waals surface area contributed by atoms with Crippen molar-refractivity contribution in [3.63, 3.8) is 0 Å². The summed E-state index contributed by atoms with van der Waals surface area (Å²) in [6.45, 7) is 2.92. The van der Waals surface area contributed by atoms with Crippen molar-refractivity contribution in [3.8, 4) is 0 Å². The van der Waals surface area contributed by atoms with Crippen molar-refractivity contribution in [2.75, 3.05) is 31.6 Å². The van der Waals surface area contributed by atoms with Gasteiger partial charge in [-0.05, 0) is 31.2 Å². The highest BCUT2D eigenvalue weighted by Gasteiger charge is 2.29. The Morgan fingerprint density at radius 2 is 2.08 bits per heavy atom. The molecule has 140 valence electrons. The van der Waals surface area contributed by atoms with Gasteiger partial charge in [0.15, 0.2) is 0 Å². The van der Waals surface area contributed by atoms with E-state index in [0.717, 1.165) is 0 Å². The highest BCUT2D eigenvalue weighted by Crippen LogP contribution is 2.28. The summed E-state index contributed by atoms with van der Waals surface area (Å²) in [5.41, 5.74) is 0.352. The fourth-order valence-electron chi connectivity index (χ4n) is 2.58. The Balaban J connectivity index is 1.82. The van der Waals surface area contributed by atoms with Gasteiger partial charge in [-0.2, -0.15) is 9.40 Å². The van der Waals surface area contributed by atoms with E-state index in [2.05, 4.69) is 10.4 Å². The number of hydrogen-bond donors (Lipinski definition) is 1. The maximum absolute atomic E-state index is 12.8. The van der Waals surface area contributed by atoms with E-state index in [9.17, 15) is 13.2 Å². The predicted molar refractivity (Wildman–Crippen MR) is 96.6 cm³/mol. The Kier molecular flexibility index (Phi) is 5.61. The second-order valence-corrected chi connectivity index (χ2v) is 8.13. The number of carbonyl (C=O) groups excluding carboxylic acids is 1. The molecular weight excluding hydrogens is 380 g/mol. The first-order chi connectivity index (χ1) is 12.4. The molecule has 1 fully saturated rings. The van der Waals surface area contributed by atoms with Crippen LogP contribution in [0.3, 0.4) is 0 Å². The number of carbonyl (C=O) groups is 1. The predicted octanol–water partition coefficient (Wildman–Crippen LogP) is 1.76. The quantitative estimate of drug-likeness (QED) is 0.828. The fraction of sp³-hybridized carbons (Fsp3) is 0.375. The van der Waals surface area contributed by atoms with Crippen LogP contribution in [0.15, 0.2) is 41.6 Å². The van der Waals surface area contributed by atoms with Gasteiger partial charge >= 0.3 is 0 Å². The minimum atomic E-state index is -3.76. The first-order valence-corrected chi connectivity index (χ1v) is 9.89. The second-order valence-electron chi connectivity index (χ2n) is 5.81. The highest BCUT2D eigenvalue weighted by molar-refractivity contribution is 7.89. The van der Waals surface area contributed by atoms with Crippen LogP contribution >= 0.6 is 11.6 Å². The molecule has 1 aliphatic rings. The molecule has 1 aromatic carbocycles. The zero-order valence-corrected chi connectivity index (χ0v) is 15.7. The van der Waals surface area contributed by atoms with Crippen LogP contribution in [-0.2, 0) is 19.6 Å². The molecule has 0 radical (unpaired) electrons. The fourth-order valence-corrected chi connectivity index (χ4v) is 4.49. The van der Waals surface area contributed by atoms with Gasteiger partial charge in [0, 0.05) is 31.2 Å². The van der Waals surface area contributed by atoms with Crippen LogP contribution in [0.4, 0.5) is 5.69 Å². The van der Waals surface area contributed by atoms with Crippen molar-refractivity contribution in [1.82, 2.24) is 14.1 Å². The van der Waals surface area contributed by atoms with E-state index in [0.29, 0.717) is 18.9 Å². The summed E-state index contributed by atoms with van der Waals surface area (Å²) in [7, 11) is -3.76. The Labute approximate surface area is 156 Å². The number of anilines is 1. The first kappa shape index (κ1) is 18.8. The number of rotatable bonds is 5. The first-order valence-electron chi connectivity index (χ1n) is 8.07. The third-order valence-corrected chi connectivity index (χ3v) is 6.47. The lowest BCUT2D eigenvalue weighted by Gasteiger charge is -2.26. The Morgan fingerprint density at radius 1 is 1.35 bits per heavy atom. The van der Waals surface area contributed by atoms with Crippen LogP contribution in [0.2, 0.25) is 5.02 Å². The number of benzene rings is 1. The normalized spacial score (nSPS) is 17.0. The van der Waals surface area contributed by atoms with Crippen LogP contribution in [0.5, 0.6) is 0 Å². The average Bonchev–Trinajstić information content (AvgIpc) is 3.18. The molecule has 1 atom stereocenters. The molecule has 10 heteroatoms. The van der Waals surface area contributed by atoms with E-state index in [1.807, 2.05) is 0 Å². The van der Waals surface area contributed by atoms with Gasteiger partial charge in [0.05, 0.1) is 18.2 Å². The number of nitrogens with one attached hydrogen (secondary N) is 1. The van der Waals surface area contributed by atoms with Crippen molar-refractivity contribution >= 4 is 33.2 Å². The third-order valence-electron chi connectivity index (χ3n) is 4.09. The number of morpholine rings is 1. The summed E-state index contributed by atoms with van der Waals surface area (Å²) < 4.78 is 33.7. The van der Waals surface area contributed by atoms with E-state index in [1.54, 1.807) is 31.5 Å². The minimum absolute atomic E-state index is 0.0365. The van der Waals surface area contributed by atoms with Crippen molar-refractivity contribution in [1.29, 1.82) is 0 Å². The molecule has 3 rings (SSSR count). The van der Waals surface area contributed by atoms with Crippen molar-refractivity contribution in [3.05, 3.63) is 41.7 Å². The topological polar surface area (TPSA) is 93.5 Å². The van der Waals surface area contributed by atoms with E-state index >= 15 is 0 Å². The molecule has 0 bridgehead atoms. The highest BCUT2D eigenvalue weighted by atomic mass is 35.5. The second kappa shape index (κ2) is 7.75. The Morgan fingerprint density at radius 3 is 2.73 bits per heavy atom. The van der Waals surface area contributed by atoms with E-state index in [1.165, 1.54) is 21.1 Å². The molecule has 0 aliphatic carbocycles. The number of ether oxygens (including phenoxy) is 1. The molecule has 1 amide bonds. The molecule has 1 aromatic heterocycles. The number of amides is 1. The average molecular weight is 399 g/mol. The van der Waals surface area contributed by atoms with Crippen LogP contribution < -0.4 is 5.32 Å². The SMILES string of the molecule is C[C@H](C(=O)Nc1ccc(Cl)c(S(=O)(=O)N2CCOCC2)c1)n1cccn1. The molecule has 1 saturated heterocycles. The maximum atomic E-state index is 12.8. The van der Waals surface area contributed by atoms with E-state index < -0.39 is 16.1 Å². The van der Waals surface area contributed by atoms with Crippen molar-refractivity contribution in [2.45, 2.75) is 17.9 Å². The van der Waals surface area contributed by atoms with E-state index in [4.69, 9.17) is 16.3 Å². The van der Waals surface area contributed by atoms with Crippen molar-refractivity contribution in [2.24, 2.45) is 0 Å². The molecule has 1 aliphatic heterocycles. The summed E-state index contributed by atoms with van der Waals surface area (Å²) in [5, 5.41) is 6.84. The minimum Gasteiger partial charge on any atom is -0.379 e. The Hall–Kier alpha value is -1.94.